The summed E-state index contributed by atoms with van der Waals surface area (Å²) in [5.41, 5.74) is 1.31. The number of ether oxygens (including phenoxy) is 1. The van der Waals surface area contributed by atoms with E-state index in [0.717, 1.165) is 11.3 Å². The summed E-state index contributed by atoms with van der Waals surface area (Å²) in [6.07, 6.45) is -0.0598. The summed E-state index contributed by atoms with van der Waals surface area (Å²) in [4.78, 5) is 39.7. The van der Waals surface area contributed by atoms with Crippen molar-refractivity contribution in [1.29, 1.82) is 0 Å². The van der Waals surface area contributed by atoms with Crippen LogP contribution < -0.4 is 5.32 Å². The molecule has 1 N–H and O–H groups in total. The minimum Gasteiger partial charge on any atom is -0.444 e. The molecular weight excluding hydrogens is 346 g/mol. The maximum absolute atomic E-state index is 12.3. The van der Waals surface area contributed by atoms with Gasteiger partial charge in [0.2, 0.25) is 11.8 Å². The second-order valence-electron chi connectivity index (χ2n) is 7.76. The number of benzene rings is 1. The number of aryl methyl sites for hydroxylation is 1. The molecule has 7 nitrogen and oxygen atoms in total. The van der Waals surface area contributed by atoms with Gasteiger partial charge < -0.3 is 19.9 Å². The second-order valence-corrected chi connectivity index (χ2v) is 7.76. The van der Waals surface area contributed by atoms with E-state index >= 15 is 0 Å². The van der Waals surface area contributed by atoms with Crippen molar-refractivity contribution in [3.63, 3.8) is 0 Å². The van der Waals surface area contributed by atoms with Gasteiger partial charge in [-0.3, -0.25) is 9.59 Å². The van der Waals surface area contributed by atoms with E-state index in [1.807, 2.05) is 52.0 Å². The van der Waals surface area contributed by atoms with Gasteiger partial charge in [-0.15, -0.1) is 0 Å². The molecule has 1 aliphatic rings. The number of piperazine rings is 1. The molecule has 7 heteroatoms. The summed E-state index contributed by atoms with van der Waals surface area (Å²) in [6, 6.07) is 7.52. The lowest BCUT2D eigenvalue weighted by molar-refractivity contribution is -0.134. The fourth-order valence-corrected chi connectivity index (χ4v) is 2.70. The zero-order chi connectivity index (χ0) is 20.0. The molecular formula is C20H29N3O4. The molecule has 1 aliphatic heterocycles. The lowest BCUT2D eigenvalue weighted by Gasteiger charge is -2.35. The Hall–Kier alpha value is -2.57. The van der Waals surface area contributed by atoms with Crippen LogP contribution in [-0.2, 0) is 14.3 Å². The first-order chi connectivity index (χ1) is 12.6. The summed E-state index contributed by atoms with van der Waals surface area (Å²) in [5.74, 6) is -0.252. The van der Waals surface area contributed by atoms with Crippen LogP contribution in [0.3, 0.4) is 0 Å². The van der Waals surface area contributed by atoms with Crippen molar-refractivity contribution in [3.05, 3.63) is 29.8 Å². The van der Waals surface area contributed by atoms with Crippen molar-refractivity contribution < 1.29 is 19.1 Å². The van der Waals surface area contributed by atoms with Crippen LogP contribution in [0, 0.1) is 6.92 Å². The highest BCUT2D eigenvalue weighted by molar-refractivity contribution is 5.93. The number of rotatable bonds is 4. The largest absolute Gasteiger partial charge is 0.444 e. The Labute approximate surface area is 160 Å². The molecule has 0 bridgehead atoms. The van der Waals surface area contributed by atoms with Gasteiger partial charge in [0.05, 0.1) is 0 Å². The van der Waals surface area contributed by atoms with Crippen molar-refractivity contribution >= 4 is 23.6 Å². The van der Waals surface area contributed by atoms with Crippen LogP contribution in [0.25, 0.3) is 0 Å². The quantitative estimate of drug-likeness (QED) is 0.878. The number of nitrogens with zero attached hydrogens (tertiary/aromatic N) is 2. The molecule has 1 aromatic rings. The van der Waals surface area contributed by atoms with Crippen molar-refractivity contribution in [2.75, 3.05) is 31.5 Å². The fraction of sp³-hybridized carbons (Fsp3) is 0.550. The summed E-state index contributed by atoms with van der Waals surface area (Å²) < 4.78 is 5.35. The average molecular weight is 375 g/mol. The Kier molecular flexibility index (Phi) is 6.82. The zero-order valence-electron chi connectivity index (χ0n) is 16.6. The molecule has 0 spiro atoms. The first kappa shape index (κ1) is 20.7. The number of hydrogen-bond acceptors (Lipinski definition) is 4. The summed E-state index contributed by atoms with van der Waals surface area (Å²) in [5, 5.41) is 2.79. The van der Waals surface area contributed by atoms with Gasteiger partial charge in [-0.05, 0) is 39.8 Å². The predicted molar refractivity (Wildman–Crippen MR) is 103 cm³/mol. The number of amides is 3. The van der Waals surface area contributed by atoms with Crippen molar-refractivity contribution in [2.45, 2.75) is 46.1 Å². The Balaban J connectivity index is 1.72. The molecule has 3 amide bonds. The molecule has 148 valence electrons. The SMILES string of the molecule is Cc1ccc(NC(=O)CCC(=O)N2CCN(C(=O)OC(C)(C)C)CC2)cc1. The van der Waals surface area contributed by atoms with Gasteiger partial charge in [0.15, 0.2) is 0 Å². The number of carbonyl (C=O) groups is 3. The van der Waals surface area contributed by atoms with Crippen LogP contribution in [0.5, 0.6) is 0 Å². The van der Waals surface area contributed by atoms with Gasteiger partial charge in [-0.2, -0.15) is 0 Å². The van der Waals surface area contributed by atoms with Crippen molar-refractivity contribution in [2.24, 2.45) is 0 Å². The molecule has 0 aliphatic carbocycles. The van der Waals surface area contributed by atoms with Crippen LogP contribution in [0.15, 0.2) is 24.3 Å². The molecule has 0 aromatic heterocycles. The van der Waals surface area contributed by atoms with Crippen LogP contribution in [0.2, 0.25) is 0 Å². The van der Waals surface area contributed by atoms with Gasteiger partial charge in [0, 0.05) is 44.7 Å². The number of anilines is 1. The Bertz CT molecular complexity index is 671. The van der Waals surface area contributed by atoms with Gasteiger partial charge >= 0.3 is 6.09 Å². The predicted octanol–water partition coefficient (Wildman–Crippen LogP) is 2.79. The van der Waals surface area contributed by atoms with E-state index in [1.54, 1.807) is 9.80 Å². The van der Waals surface area contributed by atoms with Crippen LogP contribution in [0.1, 0.15) is 39.2 Å². The molecule has 1 fully saturated rings. The first-order valence-electron chi connectivity index (χ1n) is 9.26. The number of nitrogens with one attached hydrogen (secondary N) is 1. The molecule has 0 radical (unpaired) electrons. The highest BCUT2D eigenvalue weighted by atomic mass is 16.6. The van der Waals surface area contributed by atoms with E-state index in [4.69, 9.17) is 4.74 Å². The Morgan fingerprint density at radius 2 is 1.52 bits per heavy atom. The molecule has 27 heavy (non-hydrogen) atoms. The normalized spacial score (nSPS) is 14.7. The molecule has 0 unspecified atom stereocenters. The zero-order valence-corrected chi connectivity index (χ0v) is 16.6. The maximum atomic E-state index is 12.3. The van der Waals surface area contributed by atoms with E-state index in [9.17, 15) is 14.4 Å². The second kappa shape index (κ2) is 8.88. The fourth-order valence-electron chi connectivity index (χ4n) is 2.70. The molecule has 0 saturated carbocycles. The van der Waals surface area contributed by atoms with Gasteiger partial charge in [-0.1, -0.05) is 17.7 Å². The lowest BCUT2D eigenvalue weighted by atomic mass is 10.2. The maximum Gasteiger partial charge on any atom is 0.410 e. The molecule has 1 aromatic carbocycles. The standard InChI is InChI=1S/C20H29N3O4/c1-15-5-7-16(8-6-15)21-17(24)9-10-18(25)22-11-13-23(14-12-22)19(26)27-20(2,3)4/h5-8H,9-14H2,1-4H3,(H,21,24). The van der Waals surface area contributed by atoms with Crippen LogP contribution >= 0.6 is 0 Å². The van der Waals surface area contributed by atoms with Crippen molar-refractivity contribution in [3.8, 4) is 0 Å². The van der Waals surface area contributed by atoms with Gasteiger partial charge in [0.25, 0.3) is 0 Å². The summed E-state index contributed by atoms with van der Waals surface area (Å²) >= 11 is 0. The topological polar surface area (TPSA) is 79.0 Å². The van der Waals surface area contributed by atoms with E-state index < -0.39 is 5.60 Å². The minimum atomic E-state index is -0.533. The van der Waals surface area contributed by atoms with Crippen molar-refractivity contribution in [1.82, 2.24) is 9.80 Å². The van der Waals surface area contributed by atoms with Crippen LogP contribution in [0.4, 0.5) is 10.5 Å². The highest BCUT2D eigenvalue weighted by Crippen LogP contribution is 2.13. The average Bonchev–Trinajstić information content (AvgIpc) is 2.60. The van der Waals surface area contributed by atoms with E-state index in [0.29, 0.717) is 26.2 Å². The monoisotopic (exact) mass is 375 g/mol. The smallest absolute Gasteiger partial charge is 0.410 e. The third-order valence-corrected chi connectivity index (χ3v) is 4.19. The third kappa shape index (κ3) is 6.92. The Morgan fingerprint density at radius 1 is 0.963 bits per heavy atom. The van der Waals surface area contributed by atoms with Gasteiger partial charge in [0.1, 0.15) is 5.60 Å². The molecule has 1 saturated heterocycles. The summed E-state index contributed by atoms with van der Waals surface area (Å²) in [6.45, 7) is 9.25. The summed E-state index contributed by atoms with van der Waals surface area (Å²) in [7, 11) is 0. The molecule has 1 heterocycles. The first-order valence-corrected chi connectivity index (χ1v) is 9.26. The number of hydrogen-bond donors (Lipinski definition) is 1. The molecule has 0 atom stereocenters. The number of carbonyl (C=O) groups excluding carboxylic acids is 3. The Morgan fingerprint density at radius 3 is 2.07 bits per heavy atom. The van der Waals surface area contributed by atoms with Crippen LogP contribution in [-0.4, -0.2) is 59.5 Å². The third-order valence-electron chi connectivity index (χ3n) is 4.19. The van der Waals surface area contributed by atoms with E-state index in [1.165, 1.54) is 0 Å². The van der Waals surface area contributed by atoms with E-state index in [2.05, 4.69) is 5.32 Å². The highest BCUT2D eigenvalue weighted by Gasteiger charge is 2.27. The van der Waals surface area contributed by atoms with E-state index in [-0.39, 0.29) is 30.7 Å². The minimum absolute atomic E-state index is 0.0714. The lowest BCUT2D eigenvalue weighted by Crippen LogP contribution is -2.51. The van der Waals surface area contributed by atoms with Gasteiger partial charge in [-0.25, -0.2) is 4.79 Å². The molecule has 2 rings (SSSR count).